The maximum atomic E-state index is 12.0. The number of H-pyrrole nitrogens is 1. The van der Waals surface area contributed by atoms with Crippen molar-refractivity contribution in [3.8, 4) is 0 Å². The Labute approximate surface area is 139 Å². The first-order chi connectivity index (χ1) is 11.5. The van der Waals surface area contributed by atoms with Crippen molar-refractivity contribution in [3.05, 3.63) is 65.4 Å². The van der Waals surface area contributed by atoms with E-state index in [0.29, 0.717) is 11.4 Å². The maximum Gasteiger partial charge on any atom is 0.355 e. The highest BCUT2D eigenvalue weighted by molar-refractivity contribution is 5.97. The van der Waals surface area contributed by atoms with Gasteiger partial charge in [0, 0.05) is 16.6 Å². The molecule has 2 N–H and O–H groups in total. The van der Waals surface area contributed by atoms with Gasteiger partial charge in [-0.05, 0) is 49.2 Å². The lowest BCUT2D eigenvalue weighted by atomic mass is 10.1. The number of ether oxygens (including phenoxy) is 1. The predicted octanol–water partition coefficient (Wildman–Crippen LogP) is 3.58. The molecule has 1 amide bonds. The summed E-state index contributed by atoms with van der Waals surface area (Å²) < 4.78 is 5.07. The minimum absolute atomic E-state index is 0.329. The summed E-state index contributed by atoms with van der Waals surface area (Å²) in [4.78, 5) is 27.0. The van der Waals surface area contributed by atoms with Crippen molar-refractivity contribution in [2.24, 2.45) is 0 Å². The zero-order chi connectivity index (χ0) is 17.1. The number of carbonyl (C=O) groups is 2. The molecule has 1 heterocycles. The van der Waals surface area contributed by atoms with Crippen LogP contribution in [0.5, 0.6) is 0 Å². The third kappa shape index (κ3) is 3.63. The van der Waals surface area contributed by atoms with Gasteiger partial charge in [-0.1, -0.05) is 24.3 Å². The van der Waals surface area contributed by atoms with E-state index in [1.165, 1.54) is 0 Å². The number of carbonyl (C=O) groups excluding carboxylic acids is 2. The molecule has 0 aliphatic carbocycles. The number of anilines is 1. The van der Waals surface area contributed by atoms with Gasteiger partial charge in [0.05, 0.1) is 0 Å². The second-order valence-corrected chi connectivity index (χ2v) is 5.77. The van der Waals surface area contributed by atoms with Crippen LogP contribution in [0.15, 0.2) is 48.5 Å². The van der Waals surface area contributed by atoms with E-state index in [0.717, 1.165) is 22.0 Å². The number of benzene rings is 2. The molecule has 0 fully saturated rings. The van der Waals surface area contributed by atoms with Crippen molar-refractivity contribution < 1.29 is 14.3 Å². The zero-order valence-electron chi connectivity index (χ0n) is 13.6. The molecular weight excluding hydrogens is 304 g/mol. The highest BCUT2D eigenvalue weighted by Crippen LogP contribution is 2.16. The van der Waals surface area contributed by atoms with Crippen molar-refractivity contribution in [1.29, 1.82) is 0 Å². The number of para-hydroxylation sites is 1. The van der Waals surface area contributed by atoms with Gasteiger partial charge in [0.1, 0.15) is 5.69 Å². The number of aryl methyl sites for hydroxylation is 2. The number of hydrogen-bond acceptors (Lipinski definition) is 3. The van der Waals surface area contributed by atoms with Gasteiger partial charge in [0.2, 0.25) is 0 Å². The summed E-state index contributed by atoms with van der Waals surface area (Å²) in [5.74, 6) is -0.925. The van der Waals surface area contributed by atoms with Crippen LogP contribution in [0.25, 0.3) is 10.9 Å². The Balaban J connectivity index is 1.60. The third-order valence-corrected chi connectivity index (χ3v) is 3.59. The highest BCUT2D eigenvalue weighted by atomic mass is 16.5. The molecule has 5 nitrogen and oxygen atoms in total. The van der Waals surface area contributed by atoms with Crippen molar-refractivity contribution >= 4 is 28.5 Å². The first kappa shape index (κ1) is 15.8. The van der Waals surface area contributed by atoms with Crippen LogP contribution in [-0.4, -0.2) is 23.5 Å². The van der Waals surface area contributed by atoms with Gasteiger partial charge in [-0.3, -0.25) is 4.79 Å². The standard InChI is InChI=1S/C19H18N2O3/c1-12-7-13(2)9-15(8-12)20-18(22)11-24-19(23)17-10-14-5-3-4-6-16(14)21-17/h3-10,21H,11H2,1-2H3,(H,20,22). The lowest BCUT2D eigenvalue weighted by Crippen LogP contribution is -2.21. The van der Waals surface area contributed by atoms with Gasteiger partial charge in [-0.15, -0.1) is 0 Å². The smallest absolute Gasteiger partial charge is 0.355 e. The molecule has 0 bridgehead atoms. The monoisotopic (exact) mass is 322 g/mol. The van der Waals surface area contributed by atoms with E-state index in [9.17, 15) is 9.59 Å². The fraction of sp³-hybridized carbons (Fsp3) is 0.158. The molecule has 0 aliphatic rings. The molecule has 0 unspecified atom stereocenters. The first-order valence-corrected chi connectivity index (χ1v) is 7.64. The molecule has 1 aromatic heterocycles. The predicted molar refractivity (Wildman–Crippen MR) is 93.1 cm³/mol. The second-order valence-electron chi connectivity index (χ2n) is 5.77. The van der Waals surface area contributed by atoms with E-state index in [4.69, 9.17) is 4.74 Å². The van der Waals surface area contributed by atoms with Crippen LogP contribution in [0.4, 0.5) is 5.69 Å². The Kier molecular flexibility index (Phi) is 4.33. The summed E-state index contributed by atoms with van der Waals surface area (Å²) in [6.07, 6.45) is 0. The quantitative estimate of drug-likeness (QED) is 0.721. The van der Waals surface area contributed by atoms with Gasteiger partial charge < -0.3 is 15.0 Å². The molecule has 0 saturated heterocycles. The molecule has 0 radical (unpaired) electrons. The average molecular weight is 322 g/mol. The van der Waals surface area contributed by atoms with Crippen LogP contribution in [-0.2, 0) is 9.53 Å². The van der Waals surface area contributed by atoms with Crippen LogP contribution < -0.4 is 5.32 Å². The number of fused-ring (bicyclic) bond motifs is 1. The largest absolute Gasteiger partial charge is 0.451 e. The van der Waals surface area contributed by atoms with Crippen LogP contribution >= 0.6 is 0 Å². The summed E-state index contributed by atoms with van der Waals surface area (Å²) >= 11 is 0. The van der Waals surface area contributed by atoms with E-state index in [2.05, 4.69) is 10.3 Å². The summed E-state index contributed by atoms with van der Waals surface area (Å²) in [7, 11) is 0. The molecule has 0 saturated carbocycles. The molecular formula is C19H18N2O3. The molecule has 24 heavy (non-hydrogen) atoms. The second kappa shape index (κ2) is 6.58. The molecule has 2 aromatic carbocycles. The van der Waals surface area contributed by atoms with Crippen molar-refractivity contribution in [2.75, 3.05) is 11.9 Å². The number of hydrogen-bond donors (Lipinski definition) is 2. The van der Waals surface area contributed by atoms with Crippen molar-refractivity contribution in [1.82, 2.24) is 4.98 Å². The van der Waals surface area contributed by atoms with E-state index in [1.54, 1.807) is 6.07 Å². The minimum atomic E-state index is -0.554. The molecule has 0 aliphatic heterocycles. The SMILES string of the molecule is Cc1cc(C)cc(NC(=O)COC(=O)c2cc3ccccc3[nH]2)c1. The average Bonchev–Trinajstić information content (AvgIpc) is 2.95. The Morgan fingerprint density at radius 2 is 1.75 bits per heavy atom. The molecule has 0 atom stereocenters. The Morgan fingerprint density at radius 3 is 2.46 bits per heavy atom. The van der Waals surface area contributed by atoms with E-state index >= 15 is 0 Å². The van der Waals surface area contributed by atoms with Crippen molar-refractivity contribution in [3.63, 3.8) is 0 Å². The van der Waals surface area contributed by atoms with Crippen LogP contribution in [0, 0.1) is 13.8 Å². The lowest BCUT2D eigenvalue weighted by molar-refractivity contribution is -0.119. The topological polar surface area (TPSA) is 71.2 Å². The number of rotatable bonds is 4. The normalized spacial score (nSPS) is 10.6. The number of esters is 1. The van der Waals surface area contributed by atoms with E-state index in [1.807, 2.05) is 56.3 Å². The fourth-order valence-corrected chi connectivity index (χ4v) is 2.64. The van der Waals surface area contributed by atoms with Gasteiger partial charge in [-0.25, -0.2) is 4.79 Å². The van der Waals surface area contributed by atoms with Crippen molar-refractivity contribution in [2.45, 2.75) is 13.8 Å². The number of nitrogens with one attached hydrogen (secondary N) is 2. The van der Waals surface area contributed by atoms with Crippen LogP contribution in [0.1, 0.15) is 21.6 Å². The summed E-state index contributed by atoms with van der Waals surface area (Å²) in [5, 5.41) is 3.65. The summed E-state index contributed by atoms with van der Waals surface area (Å²) in [5.41, 5.74) is 3.99. The fourth-order valence-electron chi connectivity index (χ4n) is 2.64. The molecule has 5 heteroatoms. The molecule has 3 aromatic rings. The molecule has 3 rings (SSSR count). The number of aromatic amines is 1. The number of aromatic nitrogens is 1. The van der Waals surface area contributed by atoms with Gasteiger partial charge in [-0.2, -0.15) is 0 Å². The molecule has 122 valence electrons. The van der Waals surface area contributed by atoms with Gasteiger partial charge >= 0.3 is 5.97 Å². The van der Waals surface area contributed by atoms with Crippen LogP contribution in [0.3, 0.4) is 0 Å². The van der Waals surface area contributed by atoms with Gasteiger partial charge in [0.15, 0.2) is 6.61 Å². The van der Waals surface area contributed by atoms with E-state index in [-0.39, 0.29) is 12.5 Å². The summed E-state index contributed by atoms with van der Waals surface area (Å²) in [6, 6.07) is 15.0. The Bertz CT molecular complexity index is 859. The molecule has 0 spiro atoms. The summed E-state index contributed by atoms with van der Waals surface area (Å²) in [6.45, 7) is 3.58. The van der Waals surface area contributed by atoms with Crippen LogP contribution in [0.2, 0.25) is 0 Å². The number of amides is 1. The van der Waals surface area contributed by atoms with E-state index < -0.39 is 5.97 Å². The lowest BCUT2D eigenvalue weighted by Gasteiger charge is -2.08. The Morgan fingerprint density at radius 1 is 1.04 bits per heavy atom. The highest BCUT2D eigenvalue weighted by Gasteiger charge is 2.13. The zero-order valence-corrected chi connectivity index (χ0v) is 13.6. The minimum Gasteiger partial charge on any atom is -0.451 e. The first-order valence-electron chi connectivity index (χ1n) is 7.64. The van der Waals surface area contributed by atoms with Gasteiger partial charge in [0.25, 0.3) is 5.91 Å². The maximum absolute atomic E-state index is 12.0. The third-order valence-electron chi connectivity index (χ3n) is 3.59. The Hall–Kier alpha value is -3.08.